The highest BCUT2D eigenvalue weighted by atomic mass is 16.3. The second-order valence-corrected chi connectivity index (χ2v) is 22.7. The third-order valence-corrected chi connectivity index (χ3v) is 15.6. The number of allylic oxidation sites excluding steroid dienone is 1. The molecule has 0 aromatic heterocycles. The highest BCUT2D eigenvalue weighted by molar-refractivity contribution is 5.76. The quantitative estimate of drug-likeness (QED) is 0.0361. The van der Waals surface area contributed by atoms with Gasteiger partial charge in [-0.3, -0.25) is 4.79 Å². The van der Waals surface area contributed by atoms with Gasteiger partial charge in [-0.05, 0) is 19.3 Å². The van der Waals surface area contributed by atoms with Gasteiger partial charge in [-0.15, -0.1) is 0 Å². The molecule has 0 bridgehead atoms. The highest BCUT2D eigenvalue weighted by Gasteiger charge is 2.20. The van der Waals surface area contributed by atoms with Crippen LogP contribution in [0.5, 0.6) is 0 Å². The molecule has 0 fully saturated rings. The van der Waals surface area contributed by atoms with E-state index in [2.05, 4.69) is 19.2 Å². The van der Waals surface area contributed by atoms with Crippen molar-refractivity contribution in [3.8, 4) is 0 Å². The molecule has 0 aromatic rings. The van der Waals surface area contributed by atoms with Crippen LogP contribution in [0, 0.1) is 0 Å². The molecular formula is C65H129NO4. The zero-order valence-electron chi connectivity index (χ0n) is 47.9. The molecule has 418 valence electrons. The van der Waals surface area contributed by atoms with Crippen LogP contribution in [0.3, 0.4) is 0 Å². The first-order chi connectivity index (χ1) is 34.5. The monoisotopic (exact) mass is 988 g/mol. The Morgan fingerprint density at radius 3 is 0.829 bits per heavy atom. The van der Waals surface area contributed by atoms with E-state index in [0.717, 1.165) is 25.7 Å². The molecule has 0 spiro atoms. The average molecular weight is 989 g/mol. The number of unbranched alkanes of at least 4 members (excludes halogenated alkanes) is 52. The fourth-order valence-corrected chi connectivity index (χ4v) is 10.6. The normalized spacial score (nSPS) is 13.2. The Kier molecular flexibility index (Phi) is 59.9. The van der Waals surface area contributed by atoms with Crippen molar-refractivity contribution in [2.45, 2.75) is 392 Å². The standard InChI is InChI=1S/C65H129NO4/c1-3-5-7-9-11-13-15-17-19-21-23-25-27-28-29-30-31-32-33-34-35-36-37-38-40-42-44-46-48-50-52-54-56-58-62(68)60-65(70)66-63(61-67)64(69)59-57-55-53-51-49-47-45-43-41-39-26-24-22-20-18-16-14-12-10-8-6-4-2/h57,59,62-64,67-69H,3-56,58,60-61H2,1-2H3,(H,66,70)/b59-57+. The maximum absolute atomic E-state index is 12.6. The lowest BCUT2D eigenvalue weighted by molar-refractivity contribution is -0.124. The molecule has 0 saturated carbocycles. The maximum Gasteiger partial charge on any atom is 0.222 e. The molecule has 0 radical (unpaired) electrons. The van der Waals surface area contributed by atoms with E-state index in [0.29, 0.717) is 6.42 Å². The van der Waals surface area contributed by atoms with Crippen LogP contribution in [0.15, 0.2) is 12.2 Å². The van der Waals surface area contributed by atoms with E-state index in [1.165, 1.54) is 321 Å². The summed E-state index contributed by atoms with van der Waals surface area (Å²) in [6, 6.07) is -0.742. The van der Waals surface area contributed by atoms with Gasteiger partial charge >= 0.3 is 0 Å². The number of hydrogen-bond acceptors (Lipinski definition) is 4. The zero-order chi connectivity index (χ0) is 50.7. The number of aliphatic hydroxyl groups is 3. The molecule has 3 unspecified atom stereocenters. The van der Waals surface area contributed by atoms with Gasteiger partial charge in [0.2, 0.25) is 5.91 Å². The number of carbonyl (C=O) groups is 1. The zero-order valence-corrected chi connectivity index (χ0v) is 47.9. The van der Waals surface area contributed by atoms with Crippen molar-refractivity contribution < 1.29 is 20.1 Å². The average Bonchev–Trinajstić information content (AvgIpc) is 3.36. The SMILES string of the molecule is CCCCCCCCCCCCCCCCCCCCCC/C=C/C(O)C(CO)NC(=O)CC(O)CCCCCCCCCCCCCCCCCCCCCCCCCCCCCCCCCCC. The van der Waals surface area contributed by atoms with E-state index in [4.69, 9.17) is 0 Å². The third kappa shape index (κ3) is 56.4. The Labute approximate surface area is 440 Å². The highest BCUT2D eigenvalue weighted by Crippen LogP contribution is 2.19. The Morgan fingerprint density at radius 1 is 0.357 bits per heavy atom. The van der Waals surface area contributed by atoms with Crippen LogP contribution in [-0.4, -0.2) is 46.1 Å². The van der Waals surface area contributed by atoms with E-state index >= 15 is 0 Å². The summed E-state index contributed by atoms with van der Waals surface area (Å²) >= 11 is 0. The van der Waals surface area contributed by atoms with Crippen LogP contribution < -0.4 is 5.32 Å². The van der Waals surface area contributed by atoms with E-state index in [-0.39, 0.29) is 18.9 Å². The molecule has 70 heavy (non-hydrogen) atoms. The van der Waals surface area contributed by atoms with Crippen LogP contribution in [0.2, 0.25) is 0 Å². The number of nitrogens with one attached hydrogen (secondary N) is 1. The molecule has 0 aromatic carbocycles. The summed E-state index contributed by atoms with van der Waals surface area (Å²) in [6.07, 6.45) is 77.3. The molecule has 5 nitrogen and oxygen atoms in total. The summed E-state index contributed by atoms with van der Waals surface area (Å²) in [6.45, 7) is 4.27. The van der Waals surface area contributed by atoms with E-state index in [1.807, 2.05) is 6.08 Å². The molecule has 5 heteroatoms. The van der Waals surface area contributed by atoms with E-state index in [1.54, 1.807) is 6.08 Å². The summed E-state index contributed by atoms with van der Waals surface area (Å²) in [5.41, 5.74) is 0. The molecule has 0 heterocycles. The predicted octanol–water partition coefficient (Wildman–Crippen LogP) is 20.6. The first-order valence-corrected chi connectivity index (χ1v) is 32.5. The van der Waals surface area contributed by atoms with Gasteiger partial charge in [-0.2, -0.15) is 0 Å². The lowest BCUT2D eigenvalue weighted by atomic mass is 10.0. The van der Waals surface area contributed by atoms with E-state index in [9.17, 15) is 20.1 Å². The van der Waals surface area contributed by atoms with Gasteiger partial charge < -0.3 is 20.6 Å². The molecule has 0 rings (SSSR count). The van der Waals surface area contributed by atoms with Crippen molar-refractivity contribution in [1.29, 1.82) is 0 Å². The lowest BCUT2D eigenvalue weighted by Crippen LogP contribution is -2.45. The maximum atomic E-state index is 12.6. The van der Waals surface area contributed by atoms with E-state index < -0.39 is 18.2 Å². The van der Waals surface area contributed by atoms with Crippen LogP contribution in [0.4, 0.5) is 0 Å². The fourth-order valence-electron chi connectivity index (χ4n) is 10.6. The van der Waals surface area contributed by atoms with Gasteiger partial charge in [0, 0.05) is 0 Å². The molecule has 0 saturated heterocycles. The van der Waals surface area contributed by atoms with Crippen LogP contribution in [0.1, 0.15) is 373 Å². The number of rotatable bonds is 61. The number of amides is 1. The summed E-state index contributed by atoms with van der Waals surface area (Å²) < 4.78 is 0. The Bertz CT molecular complexity index is 1000. The lowest BCUT2D eigenvalue weighted by Gasteiger charge is -2.21. The molecule has 1 amide bonds. The van der Waals surface area contributed by atoms with Crippen molar-refractivity contribution in [1.82, 2.24) is 5.32 Å². The van der Waals surface area contributed by atoms with Crippen LogP contribution in [0.25, 0.3) is 0 Å². The van der Waals surface area contributed by atoms with Crippen molar-refractivity contribution in [3.05, 3.63) is 12.2 Å². The van der Waals surface area contributed by atoms with Crippen molar-refractivity contribution in [3.63, 3.8) is 0 Å². The van der Waals surface area contributed by atoms with Gasteiger partial charge in [-0.1, -0.05) is 360 Å². The molecule has 0 aliphatic rings. The molecular weight excluding hydrogens is 859 g/mol. The second kappa shape index (κ2) is 60.6. The largest absolute Gasteiger partial charge is 0.394 e. The van der Waals surface area contributed by atoms with Gasteiger partial charge in [0.1, 0.15) is 0 Å². The van der Waals surface area contributed by atoms with Crippen molar-refractivity contribution in [2.24, 2.45) is 0 Å². The fraction of sp³-hybridized carbons (Fsp3) is 0.954. The predicted molar refractivity (Wildman–Crippen MR) is 310 cm³/mol. The van der Waals surface area contributed by atoms with Crippen LogP contribution in [-0.2, 0) is 4.79 Å². The minimum atomic E-state index is -0.927. The molecule has 4 N–H and O–H groups in total. The first-order valence-electron chi connectivity index (χ1n) is 32.5. The Hall–Kier alpha value is -0.910. The molecule has 0 aliphatic carbocycles. The summed E-state index contributed by atoms with van der Waals surface area (Å²) in [5.74, 6) is -0.306. The number of aliphatic hydroxyl groups excluding tert-OH is 3. The van der Waals surface area contributed by atoms with Gasteiger partial charge in [0.15, 0.2) is 0 Å². The summed E-state index contributed by atoms with van der Waals surface area (Å²) in [4.78, 5) is 12.6. The van der Waals surface area contributed by atoms with Gasteiger partial charge in [0.05, 0.1) is 31.3 Å². The second-order valence-electron chi connectivity index (χ2n) is 22.7. The first kappa shape index (κ1) is 69.1. The topological polar surface area (TPSA) is 89.8 Å². The Morgan fingerprint density at radius 2 is 0.586 bits per heavy atom. The van der Waals surface area contributed by atoms with Gasteiger partial charge in [0.25, 0.3) is 0 Å². The van der Waals surface area contributed by atoms with Crippen LogP contribution >= 0.6 is 0 Å². The molecule has 3 atom stereocenters. The molecule has 0 aliphatic heterocycles. The van der Waals surface area contributed by atoms with Crippen molar-refractivity contribution >= 4 is 5.91 Å². The summed E-state index contributed by atoms with van der Waals surface area (Å²) in [7, 11) is 0. The van der Waals surface area contributed by atoms with Crippen molar-refractivity contribution in [2.75, 3.05) is 6.61 Å². The minimum absolute atomic E-state index is 0.0198. The Balaban J connectivity index is 3.47. The minimum Gasteiger partial charge on any atom is -0.394 e. The number of hydrogen-bond donors (Lipinski definition) is 4. The third-order valence-electron chi connectivity index (χ3n) is 15.6. The van der Waals surface area contributed by atoms with Gasteiger partial charge in [-0.25, -0.2) is 0 Å². The summed E-state index contributed by atoms with van der Waals surface area (Å²) in [5, 5.41) is 33.6. The smallest absolute Gasteiger partial charge is 0.222 e. The number of carbonyl (C=O) groups excluding carboxylic acids is 1.